The Morgan fingerprint density at radius 3 is 2.87 bits per heavy atom. The molecule has 2 aromatic heterocycles. The van der Waals surface area contributed by atoms with E-state index in [1.54, 1.807) is 6.20 Å². The lowest BCUT2D eigenvalue weighted by Gasteiger charge is -2.68. The molecule has 3 aliphatic rings. The smallest absolute Gasteiger partial charge is 0.272 e. The van der Waals surface area contributed by atoms with Gasteiger partial charge in [-0.3, -0.25) is 19.8 Å². The molecule has 118 valence electrons. The fraction of sp³-hybridized carbons (Fsp3) is 0.471. The highest BCUT2D eigenvalue weighted by atomic mass is 16.2. The summed E-state index contributed by atoms with van der Waals surface area (Å²) in [5.41, 5.74) is 2.38. The molecule has 2 aromatic rings. The summed E-state index contributed by atoms with van der Waals surface area (Å²) in [4.78, 5) is 21.8. The largest absolute Gasteiger partial charge is 0.331 e. The Bertz CT molecular complexity index is 753. The third-order valence-corrected chi connectivity index (χ3v) is 5.90. The second kappa shape index (κ2) is 4.64. The minimum atomic E-state index is 0.0790. The SMILES string of the molecule is O=C(c1cc(-c2ccccn2)n[nH]1)N1CCN2CCC23CCC13. The number of aromatic amines is 1. The van der Waals surface area contributed by atoms with E-state index in [1.165, 1.54) is 19.4 Å². The van der Waals surface area contributed by atoms with Crippen molar-refractivity contribution in [2.75, 3.05) is 19.6 Å². The number of piperazine rings is 1. The molecule has 2 atom stereocenters. The van der Waals surface area contributed by atoms with Crippen LogP contribution in [0.3, 0.4) is 0 Å². The van der Waals surface area contributed by atoms with Gasteiger partial charge in [-0.25, -0.2) is 0 Å². The number of carbonyl (C=O) groups excluding carboxylic acids is 1. The number of hydrogen-bond acceptors (Lipinski definition) is 4. The maximum absolute atomic E-state index is 12.9. The Kier molecular flexibility index (Phi) is 2.68. The fourth-order valence-electron chi connectivity index (χ4n) is 4.46. The quantitative estimate of drug-likeness (QED) is 0.914. The number of pyridine rings is 1. The van der Waals surface area contributed by atoms with Gasteiger partial charge >= 0.3 is 0 Å². The first-order chi connectivity index (χ1) is 11.3. The van der Waals surface area contributed by atoms with Gasteiger partial charge in [0.1, 0.15) is 11.4 Å². The van der Waals surface area contributed by atoms with Crippen LogP contribution in [0.15, 0.2) is 30.5 Å². The normalized spacial score (nSPS) is 29.2. The molecular weight excluding hydrogens is 290 g/mol. The zero-order valence-corrected chi connectivity index (χ0v) is 12.9. The molecular formula is C17H19N5O. The molecule has 6 heteroatoms. The van der Waals surface area contributed by atoms with Crippen molar-refractivity contribution in [2.45, 2.75) is 30.8 Å². The number of aromatic nitrogens is 3. The number of H-pyrrole nitrogens is 1. The van der Waals surface area contributed by atoms with E-state index < -0.39 is 0 Å². The predicted octanol–water partition coefficient (Wildman–Crippen LogP) is 1.53. The summed E-state index contributed by atoms with van der Waals surface area (Å²) in [6, 6.07) is 7.91. The van der Waals surface area contributed by atoms with Crippen molar-refractivity contribution in [1.29, 1.82) is 0 Å². The Labute approximate surface area is 134 Å². The summed E-state index contributed by atoms with van der Waals surface area (Å²) in [6.07, 6.45) is 5.34. The van der Waals surface area contributed by atoms with E-state index in [2.05, 4.69) is 25.0 Å². The molecule has 0 aromatic carbocycles. The van der Waals surface area contributed by atoms with E-state index in [0.717, 1.165) is 30.9 Å². The van der Waals surface area contributed by atoms with Crippen molar-refractivity contribution in [1.82, 2.24) is 25.0 Å². The van der Waals surface area contributed by atoms with Gasteiger partial charge in [0.2, 0.25) is 0 Å². The molecule has 1 aliphatic carbocycles. The molecule has 23 heavy (non-hydrogen) atoms. The van der Waals surface area contributed by atoms with Crippen LogP contribution in [0.2, 0.25) is 0 Å². The third-order valence-electron chi connectivity index (χ3n) is 5.90. The van der Waals surface area contributed by atoms with Gasteiger partial charge in [0.15, 0.2) is 0 Å². The van der Waals surface area contributed by atoms with E-state index in [-0.39, 0.29) is 5.91 Å². The first-order valence-corrected chi connectivity index (χ1v) is 8.31. The molecule has 1 saturated carbocycles. The average Bonchev–Trinajstić information content (AvgIpc) is 3.01. The molecule has 3 fully saturated rings. The van der Waals surface area contributed by atoms with Crippen LogP contribution in [0.25, 0.3) is 11.4 Å². The maximum atomic E-state index is 12.9. The van der Waals surface area contributed by atoms with Gasteiger partial charge in [-0.2, -0.15) is 5.10 Å². The van der Waals surface area contributed by atoms with Crippen molar-refractivity contribution < 1.29 is 4.79 Å². The third kappa shape index (κ3) is 1.75. The molecule has 1 N–H and O–H groups in total. The lowest BCUT2D eigenvalue weighted by Crippen LogP contribution is -2.79. The van der Waals surface area contributed by atoms with Gasteiger partial charge in [-0.15, -0.1) is 0 Å². The summed E-state index contributed by atoms with van der Waals surface area (Å²) >= 11 is 0. The first-order valence-electron chi connectivity index (χ1n) is 8.31. The topological polar surface area (TPSA) is 65.1 Å². The highest BCUT2D eigenvalue weighted by Gasteiger charge is 2.61. The van der Waals surface area contributed by atoms with Crippen LogP contribution < -0.4 is 0 Å². The monoisotopic (exact) mass is 309 g/mol. The van der Waals surface area contributed by atoms with Gasteiger partial charge in [0.25, 0.3) is 5.91 Å². The molecule has 1 spiro atoms. The number of hydrogen-bond donors (Lipinski definition) is 1. The van der Waals surface area contributed by atoms with Crippen LogP contribution in [0.5, 0.6) is 0 Å². The number of carbonyl (C=O) groups is 1. The minimum absolute atomic E-state index is 0.0790. The Balaban J connectivity index is 1.40. The number of rotatable bonds is 2. The molecule has 1 amide bonds. The molecule has 4 heterocycles. The van der Waals surface area contributed by atoms with E-state index >= 15 is 0 Å². The lowest BCUT2D eigenvalue weighted by atomic mass is 9.61. The molecule has 0 bridgehead atoms. The van der Waals surface area contributed by atoms with E-state index in [1.807, 2.05) is 24.3 Å². The Morgan fingerprint density at radius 1 is 1.22 bits per heavy atom. The van der Waals surface area contributed by atoms with Crippen LogP contribution in [0.1, 0.15) is 29.8 Å². The van der Waals surface area contributed by atoms with Crippen LogP contribution in [-0.4, -0.2) is 62.1 Å². The fourth-order valence-corrected chi connectivity index (χ4v) is 4.46. The van der Waals surface area contributed by atoms with Crippen molar-refractivity contribution in [2.24, 2.45) is 0 Å². The summed E-state index contributed by atoms with van der Waals surface area (Å²) < 4.78 is 0. The number of nitrogens with one attached hydrogen (secondary N) is 1. The zero-order valence-electron chi connectivity index (χ0n) is 12.9. The summed E-state index contributed by atoms with van der Waals surface area (Å²) in [7, 11) is 0. The molecule has 2 unspecified atom stereocenters. The van der Waals surface area contributed by atoms with Crippen LogP contribution in [0, 0.1) is 0 Å². The summed E-state index contributed by atoms with van der Waals surface area (Å²) in [5, 5.41) is 7.17. The van der Waals surface area contributed by atoms with Gasteiger partial charge in [0, 0.05) is 31.4 Å². The highest BCUT2D eigenvalue weighted by Crippen LogP contribution is 2.51. The number of amides is 1. The minimum Gasteiger partial charge on any atom is -0.331 e. The Morgan fingerprint density at radius 2 is 2.17 bits per heavy atom. The van der Waals surface area contributed by atoms with Crippen molar-refractivity contribution in [3.8, 4) is 11.4 Å². The van der Waals surface area contributed by atoms with E-state index in [0.29, 0.717) is 17.3 Å². The highest BCUT2D eigenvalue weighted by molar-refractivity contribution is 5.93. The molecule has 2 saturated heterocycles. The van der Waals surface area contributed by atoms with E-state index in [4.69, 9.17) is 0 Å². The van der Waals surface area contributed by atoms with Crippen molar-refractivity contribution in [3.63, 3.8) is 0 Å². The molecule has 6 nitrogen and oxygen atoms in total. The van der Waals surface area contributed by atoms with Crippen molar-refractivity contribution in [3.05, 3.63) is 36.2 Å². The summed E-state index contributed by atoms with van der Waals surface area (Å²) in [6.45, 7) is 3.03. The van der Waals surface area contributed by atoms with Crippen LogP contribution >= 0.6 is 0 Å². The van der Waals surface area contributed by atoms with Crippen molar-refractivity contribution >= 4 is 5.91 Å². The Hall–Kier alpha value is -2.21. The second-order valence-electron chi connectivity index (χ2n) is 6.78. The second-order valence-corrected chi connectivity index (χ2v) is 6.78. The maximum Gasteiger partial charge on any atom is 0.272 e. The molecule has 2 aliphatic heterocycles. The average molecular weight is 309 g/mol. The molecule has 5 rings (SSSR count). The standard InChI is InChI=1S/C17H19N5O/c23-16(14-11-13(19-20-14)12-3-1-2-7-18-12)22-10-9-21-8-6-17(21)5-4-15(17)22/h1-3,7,11,15H,4-6,8-10H2,(H,19,20). The first kappa shape index (κ1) is 13.2. The van der Waals surface area contributed by atoms with E-state index in [9.17, 15) is 4.79 Å². The van der Waals surface area contributed by atoms with Gasteiger partial charge in [-0.1, -0.05) is 6.07 Å². The zero-order chi connectivity index (χ0) is 15.4. The lowest BCUT2D eigenvalue weighted by molar-refractivity contribution is -0.161. The molecule has 0 radical (unpaired) electrons. The summed E-state index contributed by atoms with van der Waals surface area (Å²) in [5.74, 6) is 0.0790. The number of nitrogens with zero attached hydrogens (tertiary/aromatic N) is 4. The van der Waals surface area contributed by atoms with Crippen LogP contribution in [0.4, 0.5) is 0 Å². The van der Waals surface area contributed by atoms with Gasteiger partial charge in [0.05, 0.1) is 11.7 Å². The predicted molar refractivity (Wildman–Crippen MR) is 84.8 cm³/mol. The van der Waals surface area contributed by atoms with Crippen LogP contribution in [-0.2, 0) is 0 Å². The van der Waals surface area contributed by atoms with Gasteiger partial charge < -0.3 is 4.90 Å². The van der Waals surface area contributed by atoms with Gasteiger partial charge in [-0.05, 0) is 37.5 Å².